The van der Waals surface area contributed by atoms with Gasteiger partial charge in [0.2, 0.25) is 11.9 Å². The number of carbonyl (C=O) groups excluding carboxylic acids is 1. The number of likely N-dealkylation sites (tertiary alicyclic amines) is 1. The summed E-state index contributed by atoms with van der Waals surface area (Å²) in [6, 6.07) is 7.35. The molecule has 7 nitrogen and oxygen atoms in total. The first kappa shape index (κ1) is 20.7. The van der Waals surface area contributed by atoms with Crippen molar-refractivity contribution in [2.75, 3.05) is 19.6 Å². The van der Waals surface area contributed by atoms with Gasteiger partial charge in [0.1, 0.15) is 0 Å². The zero-order valence-electron chi connectivity index (χ0n) is 17.1. The van der Waals surface area contributed by atoms with E-state index in [1.807, 2.05) is 35.4 Å². The van der Waals surface area contributed by atoms with Crippen LogP contribution in [0.3, 0.4) is 0 Å². The molecule has 30 heavy (non-hydrogen) atoms. The van der Waals surface area contributed by atoms with Gasteiger partial charge >= 0.3 is 0 Å². The topological polar surface area (TPSA) is 84.1 Å². The molecule has 2 aliphatic heterocycles. The SMILES string of the molecule is N#CNC(=NCC1CCCCC1)N1CC(N2CCCC2=O)C(c2ccc(Cl)cc2)=N1. The lowest BCUT2D eigenvalue weighted by atomic mass is 9.89. The Labute approximate surface area is 182 Å². The maximum Gasteiger partial charge on any atom is 0.228 e. The second kappa shape index (κ2) is 9.48. The summed E-state index contributed by atoms with van der Waals surface area (Å²) in [7, 11) is 0. The van der Waals surface area contributed by atoms with Gasteiger partial charge in [-0.05, 0) is 37.3 Å². The molecule has 1 aliphatic carbocycles. The van der Waals surface area contributed by atoms with Gasteiger partial charge in [-0.3, -0.25) is 15.1 Å². The van der Waals surface area contributed by atoms with Crippen LogP contribution in [0.1, 0.15) is 50.5 Å². The average Bonchev–Trinajstić information content (AvgIpc) is 3.38. The fourth-order valence-electron chi connectivity index (χ4n) is 4.56. The summed E-state index contributed by atoms with van der Waals surface area (Å²) < 4.78 is 0. The Morgan fingerprint density at radius 3 is 2.67 bits per heavy atom. The van der Waals surface area contributed by atoms with Crippen molar-refractivity contribution in [1.29, 1.82) is 5.26 Å². The summed E-state index contributed by atoms with van der Waals surface area (Å²) in [6.45, 7) is 1.91. The molecule has 1 N–H and O–H groups in total. The molecule has 4 rings (SSSR count). The molecule has 0 aromatic heterocycles. The molecular formula is C22H27ClN6O. The maximum atomic E-state index is 12.5. The van der Waals surface area contributed by atoms with Crippen LogP contribution < -0.4 is 5.32 Å². The van der Waals surface area contributed by atoms with Crippen LogP contribution in [0.25, 0.3) is 0 Å². The van der Waals surface area contributed by atoms with Gasteiger partial charge in [-0.2, -0.15) is 10.4 Å². The third kappa shape index (κ3) is 4.59. The van der Waals surface area contributed by atoms with Crippen LogP contribution in [0, 0.1) is 17.4 Å². The largest absolute Gasteiger partial charge is 0.332 e. The van der Waals surface area contributed by atoms with Gasteiger partial charge in [0.15, 0.2) is 6.19 Å². The number of halogens is 1. The molecule has 1 atom stereocenters. The van der Waals surface area contributed by atoms with E-state index in [1.165, 1.54) is 32.1 Å². The predicted octanol–water partition coefficient (Wildman–Crippen LogP) is 3.36. The number of benzene rings is 1. The Morgan fingerprint density at radius 2 is 2.00 bits per heavy atom. The van der Waals surface area contributed by atoms with E-state index in [9.17, 15) is 10.1 Å². The molecular weight excluding hydrogens is 400 g/mol. The Kier molecular flexibility index (Phi) is 6.53. The van der Waals surface area contributed by atoms with Crippen LogP contribution in [0.4, 0.5) is 0 Å². The lowest BCUT2D eigenvalue weighted by Gasteiger charge is -2.26. The standard InChI is InChI=1S/C22H27ClN6O/c23-18-10-8-17(9-11-18)21-19(28-12-4-7-20(28)30)14-29(27-21)22(26-15-24)25-13-16-5-2-1-3-6-16/h8-11,16,19H,1-7,12-14H2,(H,25,26). The zero-order chi connectivity index (χ0) is 20.9. The summed E-state index contributed by atoms with van der Waals surface area (Å²) in [5, 5.41) is 19.2. The van der Waals surface area contributed by atoms with Crippen molar-refractivity contribution in [3.63, 3.8) is 0 Å². The molecule has 2 heterocycles. The zero-order valence-corrected chi connectivity index (χ0v) is 17.8. The third-order valence-corrected chi connectivity index (χ3v) is 6.40. The molecule has 1 saturated carbocycles. The Hall–Kier alpha value is -2.59. The van der Waals surface area contributed by atoms with Gasteiger partial charge in [0.25, 0.3) is 0 Å². The van der Waals surface area contributed by atoms with E-state index in [0.29, 0.717) is 36.4 Å². The van der Waals surface area contributed by atoms with E-state index in [4.69, 9.17) is 21.7 Å². The number of hydrazone groups is 1. The fourth-order valence-corrected chi connectivity index (χ4v) is 4.68. The van der Waals surface area contributed by atoms with Crippen LogP contribution in [0.15, 0.2) is 34.4 Å². The van der Waals surface area contributed by atoms with Crippen LogP contribution >= 0.6 is 11.6 Å². The lowest BCUT2D eigenvalue weighted by molar-refractivity contribution is -0.128. The monoisotopic (exact) mass is 426 g/mol. The molecule has 158 valence electrons. The molecule has 1 saturated heterocycles. The first-order valence-corrected chi connectivity index (χ1v) is 11.1. The number of nitrogens with zero attached hydrogens (tertiary/aromatic N) is 5. The highest BCUT2D eigenvalue weighted by molar-refractivity contribution is 6.30. The van der Waals surface area contributed by atoms with E-state index in [0.717, 1.165) is 24.2 Å². The quantitative estimate of drug-likeness (QED) is 0.346. The van der Waals surface area contributed by atoms with E-state index < -0.39 is 0 Å². The van der Waals surface area contributed by atoms with Gasteiger partial charge < -0.3 is 4.90 Å². The summed E-state index contributed by atoms with van der Waals surface area (Å²) in [5.41, 5.74) is 1.74. The third-order valence-electron chi connectivity index (χ3n) is 6.15. The minimum atomic E-state index is -0.165. The van der Waals surface area contributed by atoms with Crippen LogP contribution in [0.5, 0.6) is 0 Å². The number of amides is 1. The summed E-state index contributed by atoms with van der Waals surface area (Å²) in [6.07, 6.45) is 9.62. The molecule has 1 aromatic rings. The average molecular weight is 427 g/mol. The first-order chi connectivity index (χ1) is 14.7. The number of guanidine groups is 1. The number of hydrogen-bond donors (Lipinski definition) is 1. The highest BCUT2D eigenvalue weighted by Gasteiger charge is 2.38. The van der Waals surface area contributed by atoms with Crippen molar-refractivity contribution in [3.8, 4) is 6.19 Å². The highest BCUT2D eigenvalue weighted by atomic mass is 35.5. The smallest absolute Gasteiger partial charge is 0.228 e. The van der Waals surface area contributed by atoms with Gasteiger partial charge in [-0.25, -0.2) is 5.01 Å². The van der Waals surface area contributed by atoms with Gasteiger partial charge in [-0.15, -0.1) is 0 Å². The van der Waals surface area contributed by atoms with E-state index >= 15 is 0 Å². The van der Waals surface area contributed by atoms with E-state index in [-0.39, 0.29) is 11.9 Å². The van der Waals surface area contributed by atoms with E-state index in [2.05, 4.69) is 5.32 Å². The van der Waals surface area contributed by atoms with Crippen LogP contribution in [-0.4, -0.2) is 53.2 Å². The Morgan fingerprint density at radius 1 is 1.23 bits per heavy atom. The number of carbonyl (C=O) groups is 1. The van der Waals surface area contributed by atoms with Crippen molar-refractivity contribution in [1.82, 2.24) is 15.2 Å². The van der Waals surface area contributed by atoms with Gasteiger partial charge in [-0.1, -0.05) is 43.0 Å². The van der Waals surface area contributed by atoms with E-state index in [1.54, 1.807) is 5.01 Å². The van der Waals surface area contributed by atoms with Crippen molar-refractivity contribution in [3.05, 3.63) is 34.9 Å². The normalized spacial score (nSPS) is 22.9. The highest BCUT2D eigenvalue weighted by Crippen LogP contribution is 2.26. The maximum absolute atomic E-state index is 12.5. The Balaban J connectivity index is 1.60. The van der Waals surface area contributed by atoms with Crippen molar-refractivity contribution < 1.29 is 4.79 Å². The second-order valence-corrected chi connectivity index (χ2v) is 8.62. The van der Waals surface area contributed by atoms with Crippen molar-refractivity contribution in [2.24, 2.45) is 16.0 Å². The van der Waals surface area contributed by atoms with Gasteiger partial charge in [0, 0.05) is 30.1 Å². The van der Waals surface area contributed by atoms with Crippen LogP contribution in [-0.2, 0) is 4.79 Å². The lowest BCUT2D eigenvalue weighted by Crippen LogP contribution is -2.45. The molecule has 0 bridgehead atoms. The summed E-state index contributed by atoms with van der Waals surface area (Å²) >= 11 is 6.06. The van der Waals surface area contributed by atoms with Crippen molar-refractivity contribution >= 4 is 29.2 Å². The predicted molar refractivity (Wildman–Crippen MR) is 117 cm³/mol. The number of rotatable bonds is 4. The summed E-state index contributed by atoms with van der Waals surface area (Å²) in [5.74, 6) is 1.17. The number of hydrogen-bond acceptors (Lipinski definition) is 4. The molecule has 8 heteroatoms. The number of aliphatic imine (C=N–C) groups is 1. The number of nitriles is 1. The molecule has 0 spiro atoms. The molecule has 1 aromatic carbocycles. The van der Waals surface area contributed by atoms with Crippen molar-refractivity contribution in [2.45, 2.75) is 51.0 Å². The fraction of sp³-hybridized carbons (Fsp3) is 0.545. The van der Waals surface area contributed by atoms with Gasteiger partial charge in [0.05, 0.1) is 18.3 Å². The molecule has 0 radical (unpaired) electrons. The molecule has 1 amide bonds. The molecule has 2 fully saturated rings. The molecule has 3 aliphatic rings. The Bertz CT molecular complexity index is 869. The summed E-state index contributed by atoms with van der Waals surface area (Å²) in [4.78, 5) is 19.1. The number of nitrogens with one attached hydrogen (secondary N) is 1. The second-order valence-electron chi connectivity index (χ2n) is 8.19. The minimum Gasteiger partial charge on any atom is -0.332 e. The molecule has 1 unspecified atom stereocenters. The van der Waals surface area contributed by atoms with Crippen LogP contribution in [0.2, 0.25) is 5.02 Å². The first-order valence-electron chi connectivity index (χ1n) is 10.8. The minimum absolute atomic E-state index is 0.150.